The van der Waals surface area contributed by atoms with E-state index in [1.165, 1.54) is 5.56 Å². The Labute approximate surface area is 195 Å². The highest BCUT2D eigenvalue weighted by Crippen LogP contribution is 2.34. The monoisotopic (exact) mass is 446 g/mol. The molecule has 2 N–H and O–H groups in total. The third-order valence-electron chi connectivity index (χ3n) is 7.28. The van der Waals surface area contributed by atoms with Crippen molar-refractivity contribution in [2.75, 3.05) is 31.5 Å². The molecule has 174 valence electrons. The zero-order valence-electron chi connectivity index (χ0n) is 19.5. The third kappa shape index (κ3) is 4.88. The number of likely N-dealkylation sites (tertiary alicyclic amines) is 2. The highest BCUT2D eigenvalue weighted by atomic mass is 16.2. The van der Waals surface area contributed by atoms with Gasteiger partial charge in [0.1, 0.15) is 0 Å². The lowest BCUT2D eigenvalue weighted by molar-refractivity contribution is -0.133. The van der Waals surface area contributed by atoms with E-state index in [2.05, 4.69) is 56.5 Å². The van der Waals surface area contributed by atoms with E-state index in [0.717, 1.165) is 74.4 Å². The number of carbonyl (C=O) groups excluding carboxylic acids is 1. The summed E-state index contributed by atoms with van der Waals surface area (Å²) in [5.74, 6) is 1.62. The highest BCUT2D eigenvalue weighted by molar-refractivity contribution is 5.87. The van der Waals surface area contributed by atoms with Crippen LogP contribution in [0.25, 0.3) is 11.0 Å². The van der Waals surface area contributed by atoms with Gasteiger partial charge in [0.25, 0.3) is 0 Å². The Morgan fingerprint density at radius 3 is 2.70 bits per heavy atom. The van der Waals surface area contributed by atoms with Crippen LogP contribution in [0.2, 0.25) is 0 Å². The first-order valence-electron chi connectivity index (χ1n) is 12.4. The maximum atomic E-state index is 13.2. The Morgan fingerprint density at radius 1 is 1.09 bits per heavy atom. The largest absolute Gasteiger partial charge is 0.364 e. The van der Waals surface area contributed by atoms with Crippen LogP contribution in [-0.4, -0.2) is 57.1 Å². The summed E-state index contributed by atoms with van der Waals surface area (Å²) >= 11 is 0. The maximum Gasteiger partial charge on any atom is 0.223 e. The number of H-pyrrole nitrogens is 1. The van der Waals surface area contributed by atoms with Crippen molar-refractivity contribution in [3.8, 4) is 0 Å². The summed E-state index contributed by atoms with van der Waals surface area (Å²) in [6.07, 6.45) is 4.96. The summed E-state index contributed by atoms with van der Waals surface area (Å²) < 4.78 is 0. The van der Waals surface area contributed by atoms with Gasteiger partial charge in [0, 0.05) is 19.5 Å². The number of nitrogens with zero attached hydrogens (tertiary/aromatic N) is 4. The smallest absolute Gasteiger partial charge is 0.223 e. The molecule has 2 aliphatic heterocycles. The first-order valence-corrected chi connectivity index (χ1v) is 12.4. The van der Waals surface area contributed by atoms with E-state index in [9.17, 15) is 4.79 Å². The first-order chi connectivity index (χ1) is 16.2. The SMILES string of the molecule is CCN1CCC(CC(=O)N2CCC[C@@H]2c2ccc3c(NCc4ccccc4)n[nH]c3n2)CC1. The number of carbonyl (C=O) groups is 1. The van der Waals surface area contributed by atoms with E-state index >= 15 is 0 Å². The van der Waals surface area contributed by atoms with E-state index in [4.69, 9.17) is 4.98 Å². The minimum Gasteiger partial charge on any atom is -0.364 e. The maximum absolute atomic E-state index is 13.2. The number of aromatic amines is 1. The van der Waals surface area contributed by atoms with Crippen LogP contribution >= 0.6 is 0 Å². The van der Waals surface area contributed by atoms with Crippen LogP contribution in [0.15, 0.2) is 42.5 Å². The average Bonchev–Trinajstić information content (AvgIpc) is 3.51. The van der Waals surface area contributed by atoms with Crippen LogP contribution in [0, 0.1) is 5.92 Å². The number of piperidine rings is 1. The van der Waals surface area contributed by atoms with Crippen molar-refractivity contribution < 1.29 is 4.79 Å². The molecule has 5 rings (SSSR count). The average molecular weight is 447 g/mol. The van der Waals surface area contributed by atoms with Crippen molar-refractivity contribution in [3.05, 3.63) is 53.7 Å². The van der Waals surface area contributed by atoms with Gasteiger partial charge in [-0.15, -0.1) is 0 Å². The molecule has 2 fully saturated rings. The molecule has 0 saturated carbocycles. The van der Waals surface area contributed by atoms with E-state index in [0.29, 0.717) is 24.8 Å². The van der Waals surface area contributed by atoms with Gasteiger partial charge in [-0.05, 0) is 68.9 Å². The number of hydrogen-bond donors (Lipinski definition) is 2. The van der Waals surface area contributed by atoms with E-state index in [-0.39, 0.29) is 6.04 Å². The number of pyridine rings is 1. The summed E-state index contributed by atoms with van der Waals surface area (Å²) in [6.45, 7) is 7.12. The molecule has 2 saturated heterocycles. The van der Waals surface area contributed by atoms with Gasteiger partial charge in [0.05, 0.1) is 17.1 Å². The second-order valence-electron chi connectivity index (χ2n) is 9.37. The molecule has 0 unspecified atom stereocenters. The lowest BCUT2D eigenvalue weighted by Gasteiger charge is -2.32. The lowest BCUT2D eigenvalue weighted by Crippen LogP contribution is -2.37. The quantitative estimate of drug-likeness (QED) is 0.564. The molecule has 0 bridgehead atoms. The predicted molar refractivity (Wildman–Crippen MR) is 131 cm³/mol. The fraction of sp³-hybridized carbons (Fsp3) is 0.500. The Bertz CT molecular complexity index is 1070. The molecule has 4 heterocycles. The number of anilines is 1. The molecule has 0 aliphatic carbocycles. The fourth-order valence-electron chi connectivity index (χ4n) is 5.27. The van der Waals surface area contributed by atoms with E-state index in [1.54, 1.807) is 0 Å². The second-order valence-corrected chi connectivity index (χ2v) is 9.37. The minimum atomic E-state index is 0.0710. The van der Waals surface area contributed by atoms with Crippen molar-refractivity contribution in [3.63, 3.8) is 0 Å². The van der Waals surface area contributed by atoms with Crippen LogP contribution in [0.5, 0.6) is 0 Å². The van der Waals surface area contributed by atoms with Crippen molar-refractivity contribution in [1.29, 1.82) is 0 Å². The van der Waals surface area contributed by atoms with Gasteiger partial charge in [0.15, 0.2) is 11.5 Å². The zero-order chi connectivity index (χ0) is 22.6. The number of benzene rings is 1. The van der Waals surface area contributed by atoms with Crippen LogP contribution in [0.4, 0.5) is 5.82 Å². The van der Waals surface area contributed by atoms with Crippen LogP contribution in [0.1, 0.15) is 56.3 Å². The number of hydrogen-bond acceptors (Lipinski definition) is 5. The Morgan fingerprint density at radius 2 is 1.91 bits per heavy atom. The zero-order valence-corrected chi connectivity index (χ0v) is 19.5. The molecule has 7 heteroatoms. The van der Waals surface area contributed by atoms with Crippen molar-refractivity contribution >= 4 is 22.8 Å². The van der Waals surface area contributed by atoms with Crippen LogP contribution in [0.3, 0.4) is 0 Å². The van der Waals surface area contributed by atoms with Gasteiger partial charge >= 0.3 is 0 Å². The van der Waals surface area contributed by atoms with E-state index in [1.807, 2.05) is 18.2 Å². The van der Waals surface area contributed by atoms with Crippen molar-refractivity contribution in [2.45, 2.75) is 51.6 Å². The summed E-state index contributed by atoms with van der Waals surface area (Å²) in [7, 11) is 0. The topological polar surface area (TPSA) is 77.2 Å². The highest BCUT2D eigenvalue weighted by Gasteiger charge is 2.33. The molecule has 0 radical (unpaired) electrons. The summed E-state index contributed by atoms with van der Waals surface area (Å²) in [4.78, 5) is 22.6. The normalized spacial score (nSPS) is 19.9. The molecule has 33 heavy (non-hydrogen) atoms. The van der Waals surface area contributed by atoms with Crippen molar-refractivity contribution in [1.82, 2.24) is 25.0 Å². The van der Waals surface area contributed by atoms with Crippen molar-refractivity contribution in [2.24, 2.45) is 5.92 Å². The molecule has 2 aromatic heterocycles. The molecule has 0 spiro atoms. The van der Waals surface area contributed by atoms with Gasteiger partial charge in [0.2, 0.25) is 5.91 Å². The number of nitrogens with one attached hydrogen (secondary N) is 2. The number of rotatable bonds is 7. The Balaban J connectivity index is 1.24. The fourth-order valence-corrected chi connectivity index (χ4v) is 5.27. The molecule has 7 nitrogen and oxygen atoms in total. The van der Waals surface area contributed by atoms with Crippen LogP contribution in [-0.2, 0) is 11.3 Å². The molecule has 1 atom stereocenters. The molecular weight excluding hydrogens is 412 g/mol. The Kier molecular flexibility index (Phi) is 6.58. The van der Waals surface area contributed by atoms with Gasteiger partial charge in [-0.3, -0.25) is 9.89 Å². The summed E-state index contributed by atoms with van der Waals surface area (Å²) in [5, 5.41) is 11.9. The number of aromatic nitrogens is 3. The van der Waals surface area contributed by atoms with Gasteiger partial charge in [-0.2, -0.15) is 5.10 Å². The number of fused-ring (bicyclic) bond motifs is 1. The second kappa shape index (κ2) is 9.91. The Hall–Kier alpha value is -2.93. The van der Waals surface area contributed by atoms with E-state index < -0.39 is 0 Å². The lowest BCUT2D eigenvalue weighted by atomic mass is 9.93. The predicted octanol–water partition coefficient (Wildman–Crippen LogP) is 4.36. The molecule has 3 aromatic rings. The summed E-state index contributed by atoms with van der Waals surface area (Å²) in [5.41, 5.74) is 2.94. The summed E-state index contributed by atoms with van der Waals surface area (Å²) in [6, 6.07) is 14.5. The van der Waals surface area contributed by atoms with Crippen LogP contribution < -0.4 is 5.32 Å². The third-order valence-corrected chi connectivity index (χ3v) is 7.28. The minimum absolute atomic E-state index is 0.0710. The molecule has 1 amide bonds. The molecule has 2 aliphatic rings. The van der Waals surface area contributed by atoms with Gasteiger partial charge < -0.3 is 15.1 Å². The first kappa shape index (κ1) is 21.9. The standard InChI is InChI=1S/C26H34N6O/c1-2-31-15-12-19(13-16-31)17-24(33)32-14-6-9-23(32)22-11-10-21-25(29-30-26(21)28-22)27-18-20-7-4-3-5-8-20/h3-5,7-8,10-11,19,23H,2,6,9,12-18H2,1H3,(H2,27,28,29,30)/t23-/m1/s1. The molecule has 1 aromatic carbocycles. The van der Waals surface area contributed by atoms with Gasteiger partial charge in [-0.1, -0.05) is 37.3 Å². The number of amides is 1. The van der Waals surface area contributed by atoms with Gasteiger partial charge in [-0.25, -0.2) is 4.98 Å². The molecular formula is C26H34N6O.